The van der Waals surface area contributed by atoms with Crippen LogP contribution in [-0.4, -0.2) is 11.7 Å². The molecule has 0 aliphatic carbocycles. The fourth-order valence-electron chi connectivity index (χ4n) is 1.77. The van der Waals surface area contributed by atoms with Crippen LogP contribution < -0.4 is 10.6 Å². The van der Waals surface area contributed by atoms with Crippen molar-refractivity contribution in [1.29, 1.82) is 0 Å². The fraction of sp³-hybridized carbons (Fsp3) is 0.385. The van der Waals surface area contributed by atoms with Gasteiger partial charge in [0.15, 0.2) is 0 Å². The van der Waals surface area contributed by atoms with Gasteiger partial charge >= 0.3 is 0 Å². The Bertz CT molecular complexity index is 421. The van der Waals surface area contributed by atoms with Gasteiger partial charge < -0.3 is 10.4 Å². The van der Waals surface area contributed by atoms with E-state index in [-0.39, 0.29) is 0 Å². The summed E-state index contributed by atoms with van der Waals surface area (Å²) in [5, 5.41) is 14.3. The Morgan fingerprint density at radius 2 is 2.12 bits per heavy atom. The summed E-state index contributed by atoms with van der Waals surface area (Å²) in [4.78, 5) is 0. The molecule has 0 fully saturated rings. The van der Waals surface area contributed by atoms with Gasteiger partial charge in [0.2, 0.25) is 0 Å². The lowest BCUT2D eigenvalue weighted by molar-refractivity contribution is 0.471. The van der Waals surface area contributed by atoms with E-state index in [2.05, 4.69) is 33.5 Å². The summed E-state index contributed by atoms with van der Waals surface area (Å²) >= 11 is 0. The average Bonchev–Trinajstić information content (AvgIpc) is 2.28. The smallest absolute Gasteiger partial charge is 0.142 e. The molecule has 0 spiro atoms. The van der Waals surface area contributed by atoms with Gasteiger partial charge in [-0.2, -0.15) is 0 Å². The highest BCUT2D eigenvalue weighted by Gasteiger charge is 2.13. The largest absolute Gasteiger partial charge is 0.505 e. The quantitative estimate of drug-likeness (QED) is 0.475. The Balaban J connectivity index is 3.27. The van der Waals surface area contributed by atoms with Gasteiger partial charge in [-0.25, -0.2) is 0 Å². The Morgan fingerprint density at radius 1 is 1.44 bits per heavy atom. The molecule has 0 aliphatic heterocycles. The van der Waals surface area contributed by atoms with E-state index in [0.717, 1.165) is 35.0 Å². The van der Waals surface area contributed by atoms with Crippen molar-refractivity contribution in [3.8, 4) is 18.1 Å². The summed E-state index contributed by atoms with van der Waals surface area (Å²) in [5.74, 6) is 2.85. The lowest BCUT2D eigenvalue weighted by Gasteiger charge is -2.16. The van der Waals surface area contributed by atoms with E-state index >= 15 is 0 Å². The van der Waals surface area contributed by atoms with Gasteiger partial charge in [0.05, 0.1) is 12.2 Å². The van der Waals surface area contributed by atoms with Gasteiger partial charge in [0.1, 0.15) is 5.75 Å². The van der Waals surface area contributed by atoms with Crippen LogP contribution in [0, 0.1) is 12.3 Å². The van der Waals surface area contributed by atoms with Crippen molar-refractivity contribution in [2.75, 3.05) is 11.9 Å². The number of rotatable bonds is 4. The van der Waals surface area contributed by atoms with E-state index in [4.69, 9.17) is 6.42 Å². The summed E-state index contributed by atoms with van der Waals surface area (Å²) in [5.41, 5.74) is 2.83. The minimum absolute atomic E-state index is 0.335. The van der Waals surface area contributed by atoms with Gasteiger partial charge in [-0.15, -0.1) is 15.7 Å². The maximum atomic E-state index is 10.2. The van der Waals surface area contributed by atoms with Crippen LogP contribution in [0.4, 0.5) is 5.69 Å². The Morgan fingerprint density at radius 3 is 2.62 bits per heavy atom. The molecule has 0 aliphatic rings. The van der Waals surface area contributed by atoms with Crippen molar-refractivity contribution in [3.05, 3.63) is 17.2 Å². The Kier molecular flexibility index (Phi) is 4.65. The SMILES string of the molecule is C#CCNc1c(CC)cc(P)c(CC)c1O. The molecule has 1 atom stereocenters. The fourth-order valence-corrected chi connectivity index (χ4v) is 2.32. The van der Waals surface area contributed by atoms with E-state index in [9.17, 15) is 5.11 Å². The lowest BCUT2D eigenvalue weighted by atomic mass is 10.0. The first-order chi connectivity index (χ1) is 7.65. The molecular weight excluding hydrogens is 217 g/mol. The van der Waals surface area contributed by atoms with Crippen molar-refractivity contribution < 1.29 is 5.11 Å². The van der Waals surface area contributed by atoms with Crippen molar-refractivity contribution in [2.45, 2.75) is 26.7 Å². The van der Waals surface area contributed by atoms with Crippen molar-refractivity contribution in [2.24, 2.45) is 0 Å². The molecule has 2 nitrogen and oxygen atoms in total. The molecule has 0 radical (unpaired) electrons. The molecule has 1 aromatic rings. The molecule has 0 saturated heterocycles. The molecular formula is C13H18NOP. The van der Waals surface area contributed by atoms with Gasteiger partial charge in [0, 0.05) is 5.56 Å². The topological polar surface area (TPSA) is 32.3 Å². The van der Waals surface area contributed by atoms with E-state index < -0.39 is 0 Å². The molecule has 16 heavy (non-hydrogen) atoms. The maximum Gasteiger partial charge on any atom is 0.142 e. The zero-order valence-corrected chi connectivity index (χ0v) is 11.0. The molecule has 0 aromatic heterocycles. The van der Waals surface area contributed by atoms with Crippen molar-refractivity contribution in [3.63, 3.8) is 0 Å². The second kappa shape index (κ2) is 5.77. The van der Waals surface area contributed by atoms with Gasteiger partial charge in [-0.1, -0.05) is 19.8 Å². The number of hydrogen-bond acceptors (Lipinski definition) is 2. The van der Waals surface area contributed by atoms with Crippen LogP contribution in [-0.2, 0) is 12.8 Å². The molecule has 2 N–H and O–H groups in total. The number of terminal acetylenes is 1. The third kappa shape index (κ3) is 2.49. The third-order valence-electron chi connectivity index (χ3n) is 2.62. The standard InChI is InChI=1S/C13H18NOP/c1-4-7-14-12-9(5-2)8-11(16)10(6-3)13(12)15/h1,8,14-15H,5-7,16H2,2-3H3. The van der Waals surface area contributed by atoms with Crippen LogP contribution in [0.1, 0.15) is 25.0 Å². The molecule has 86 valence electrons. The van der Waals surface area contributed by atoms with Crippen molar-refractivity contribution >= 4 is 20.2 Å². The normalized spacial score (nSPS) is 9.88. The number of phenolic OH excluding ortho intramolecular Hbond substituents is 1. The summed E-state index contributed by atoms with van der Waals surface area (Å²) in [6.45, 7) is 4.52. The molecule has 0 heterocycles. The van der Waals surface area contributed by atoms with E-state index in [0.29, 0.717) is 12.3 Å². The number of aromatic hydroxyl groups is 1. The van der Waals surface area contributed by atoms with Crippen LogP contribution in [0.2, 0.25) is 0 Å². The van der Waals surface area contributed by atoms with Gasteiger partial charge in [-0.05, 0) is 29.8 Å². The number of phenols is 1. The first-order valence-electron chi connectivity index (χ1n) is 5.46. The highest BCUT2D eigenvalue weighted by Crippen LogP contribution is 2.32. The monoisotopic (exact) mass is 235 g/mol. The molecule has 1 aromatic carbocycles. The molecule has 0 amide bonds. The van der Waals surface area contributed by atoms with Crippen LogP contribution in [0.5, 0.6) is 5.75 Å². The Labute approximate surface area is 99.7 Å². The van der Waals surface area contributed by atoms with E-state index in [1.54, 1.807) is 0 Å². The minimum Gasteiger partial charge on any atom is -0.505 e. The number of nitrogens with one attached hydrogen (secondary N) is 1. The predicted molar refractivity (Wildman–Crippen MR) is 73.5 cm³/mol. The first kappa shape index (κ1) is 12.9. The van der Waals surface area contributed by atoms with E-state index in [1.807, 2.05) is 6.92 Å². The second-order valence-corrected chi connectivity index (χ2v) is 4.21. The predicted octanol–water partition coefficient (Wildman–Crippen LogP) is 2.06. The molecule has 0 bridgehead atoms. The average molecular weight is 235 g/mol. The second-order valence-electron chi connectivity index (χ2n) is 3.59. The summed E-state index contributed by atoms with van der Waals surface area (Å²) < 4.78 is 0. The highest BCUT2D eigenvalue weighted by molar-refractivity contribution is 7.27. The molecule has 0 saturated carbocycles. The number of hydrogen-bond donors (Lipinski definition) is 2. The third-order valence-corrected chi connectivity index (χ3v) is 3.14. The number of anilines is 1. The summed E-state index contributed by atoms with van der Waals surface area (Å²) in [7, 11) is 2.67. The summed E-state index contributed by atoms with van der Waals surface area (Å²) in [6, 6.07) is 2.09. The number of benzene rings is 1. The molecule has 1 rings (SSSR count). The zero-order valence-electron chi connectivity index (χ0n) is 9.80. The highest BCUT2D eigenvalue weighted by atomic mass is 31.0. The van der Waals surface area contributed by atoms with Gasteiger partial charge in [0.25, 0.3) is 0 Å². The maximum absolute atomic E-state index is 10.2. The van der Waals surface area contributed by atoms with Crippen LogP contribution in [0.15, 0.2) is 6.07 Å². The molecule has 1 unspecified atom stereocenters. The van der Waals surface area contributed by atoms with Gasteiger partial charge in [-0.3, -0.25) is 0 Å². The lowest BCUT2D eigenvalue weighted by Crippen LogP contribution is -2.09. The number of aryl methyl sites for hydroxylation is 1. The van der Waals surface area contributed by atoms with Crippen molar-refractivity contribution in [1.82, 2.24) is 0 Å². The summed E-state index contributed by atoms with van der Waals surface area (Å²) in [6.07, 6.45) is 6.89. The van der Waals surface area contributed by atoms with Crippen LogP contribution >= 0.6 is 9.24 Å². The molecule has 3 heteroatoms. The Hall–Kier alpha value is -1.19. The van der Waals surface area contributed by atoms with Crippen LogP contribution in [0.3, 0.4) is 0 Å². The zero-order chi connectivity index (χ0) is 12.1. The minimum atomic E-state index is 0.335. The first-order valence-corrected chi connectivity index (χ1v) is 6.03. The van der Waals surface area contributed by atoms with Crippen LogP contribution in [0.25, 0.3) is 0 Å². The van der Waals surface area contributed by atoms with E-state index in [1.165, 1.54) is 0 Å².